The molecule has 2 aromatic rings. The maximum atomic E-state index is 12.4. The summed E-state index contributed by atoms with van der Waals surface area (Å²) in [5.41, 5.74) is 7.11. The summed E-state index contributed by atoms with van der Waals surface area (Å²) in [4.78, 5) is 28.2. The fourth-order valence-electron chi connectivity index (χ4n) is 3.05. The van der Waals surface area contributed by atoms with Gasteiger partial charge in [0.05, 0.1) is 11.9 Å². The van der Waals surface area contributed by atoms with Crippen molar-refractivity contribution in [1.29, 1.82) is 0 Å². The molecule has 7 nitrogen and oxygen atoms in total. The van der Waals surface area contributed by atoms with Crippen molar-refractivity contribution in [2.75, 3.05) is 6.54 Å². The van der Waals surface area contributed by atoms with Gasteiger partial charge in [-0.25, -0.2) is 4.98 Å². The Labute approximate surface area is 146 Å². The third kappa shape index (κ3) is 3.64. The van der Waals surface area contributed by atoms with Crippen LogP contribution >= 0.6 is 0 Å². The van der Waals surface area contributed by atoms with Crippen LogP contribution in [0.15, 0.2) is 30.7 Å². The van der Waals surface area contributed by atoms with Crippen LogP contribution in [0.1, 0.15) is 39.8 Å². The summed E-state index contributed by atoms with van der Waals surface area (Å²) in [5.74, 6) is -0.251. The summed E-state index contributed by atoms with van der Waals surface area (Å²) in [6.07, 6.45) is 3.81. The van der Waals surface area contributed by atoms with E-state index in [1.165, 1.54) is 6.92 Å². The maximum absolute atomic E-state index is 12.4. The van der Waals surface area contributed by atoms with Crippen molar-refractivity contribution in [2.45, 2.75) is 32.1 Å². The second-order valence-corrected chi connectivity index (χ2v) is 6.24. The summed E-state index contributed by atoms with van der Waals surface area (Å²) < 4.78 is 7.32. The SMILES string of the molecule is CC(=O)c1cccc2c1OB(O)[C@@H](CC(=O)c1cn(CCN)cn1)C2. The van der Waals surface area contributed by atoms with E-state index in [0.717, 1.165) is 5.56 Å². The van der Waals surface area contributed by atoms with Gasteiger partial charge in [0.25, 0.3) is 0 Å². The Hall–Kier alpha value is -2.45. The molecule has 8 heteroatoms. The average molecular weight is 341 g/mol. The van der Waals surface area contributed by atoms with Crippen LogP contribution in [0, 0.1) is 0 Å². The Balaban J connectivity index is 1.74. The number of aromatic nitrogens is 2. The summed E-state index contributed by atoms with van der Waals surface area (Å²) in [6, 6.07) is 5.30. The summed E-state index contributed by atoms with van der Waals surface area (Å²) in [6.45, 7) is 2.52. The second-order valence-electron chi connectivity index (χ2n) is 6.24. The first-order valence-electron chi connectivity index (χ1n) is 8.22. The molecule has 0 radical (unpaired) electrons. The molecule has 0 aliphatic carbocycles. The number of para-hydroxylation sites is 1. The van der Waals surface area contributed by atoms with Gasteiger partial charge in [-0.05, 0) is 25.0 Å². The van der Waals surface area contributed by atoms with E-state index in [1.54, 1.807) is 29.2 Å². The van der Waals surface area contributed by atoms with Gasteiger partial charge in [0, 0.05) is 31.5 Å². The fourth-order valence-corrected chi connectivity index (χ4v) is 3.05. The molecule has 0 spiro atoms. The number of fused-ring (bicyclic) bond motifs is 1. The lowest BCUT2D eigenvalue weighted by molar-refractivity contribution is 0.0967. The lowest BCUT2D eigenvalue weighted by atomic mass is 9.64. The Morgan fingerprint density at radius 3 is 3.00 bits per heavy atom. The fraction of sp³-hybridized carbons (Fsp3) is 0.353. The molecule has 0 unspecified atom stereocenters. The van der Waals surface area contributed by atoms with E-state index in [9.17, 15) is 14.6 Å². The van der Waals surface area contributed by atoms with Crippen LogP contribution in [0.25, 0.3) is 0 Å². The van der Waals surface area contributed by atoms with Gasteiger partial charge in [-0.3, -0.25) is 9.59 Å². The highest BCUT2D eigenvalue weighted by molar-refractivity contribution is 6.47. The molecule has 3 N–H and O–H groups in total. The number of hydrogen-bond donors (Lipinski definition) is 2. The first-order chi connectivity index (χ1) is 12.0. The molecule has 25 heavy (non-hydrogen) atoms. The molecule has 1 aromatic heterocycles. The number of nitrogens with two attached hydrogens (primary N) is 1. The standard InChI is InChI=1S/C17H20BN3O4/c1-11(22)14-4-2-3-12-7-13(18(24)25-17(12)14)8-16(23)15-9-21(6-5-19)10-20-15/h2-4,9-10,13,24H,5-8,19H2,1H3/t13-/m1/s1. The molecular weight excluding hydrogens is 321 g/mol. The predicted octanol–water partition coefficient (Wildman–Crippen LogP) is 1.10. The zero-order valence-corrected chi connectivity index (χ0v) is 14.0. The van der Waals surface area contributed by atoms with Crippen LogP contribution in [-0.2, 0) is 13.0 Å². The minimum absolute atomic E-state index is 0.116. The number of ketones is 2. The molecule has 3 rings (SSSR count). The van der Waals surface area contributed by atoms with Gasteiger partial charge < -0.3 is 20.0 Å². The van der Waals surface area contributed by atoms with Crippen molar-refractivity contribution in [3.63, 3.8) is 0 Å². The highest BCUT2D eigenvalue weighted by atomic mass is 16.5. The van der Waals surface area contributed by atoms with Gasteiger partial charge in [-0.1, -0.05) is 12.1 Å². The van der Waals surface area contributed by atoms with Gasteiger partial charge in [-0.15, -0.1) is 0 Å². The Kier molecular flexibility index (Phi) is 5.01. The van der Waals surface area contributed by atoms with Crippen LogP contribution in [0.5, 0.6) is 5.75 Å². The van der Waals surface area contributed by atoms with E-state index < -0.39 is 7.12 Å². The zero-order valence-electron chi connectivity index (χ0n) is 14.0. The van der Waals surface area contributed by atoms with Crippen LogP contribution in [0.3, 0.4) is 0 Å². The number of benzene rings is 1. The summed E-state index contributed by atoms with van der Waals surface area (Å²) in [5, 5.41) is 10.3. The van der Waals surface area contributed by atoms with Crippen LogP contribution in [0.4, 0.5) is 0 Å². The van der Waals surface area contributed by atoms with Crippen molar-refractivity contribution in [3.05, 3.63) is 47.5 Å². The number of carbonyl (C=O) groups excluding carboxylic acids is 2. The largest absolute Gasteiger partial charge is 0.535 e. The molecule has 0 saturated heterocycles. The van der Waals surface area contributed by atoms with E-state index in [-0.39, 0.29) is 23.8 Å². The van der Waals surface area contributed by atoms with E-state index in [4.69, 9.17) is 10.4 Å². The van der Waals surface area contributed by atoms with Crippen molar-refractivity contribution in [2.24, 2.45) is 5.73 Å². The number of carbonyl (C=O) groups is 2. The van der Waals surface area contributed by atoms with Crippen molar-refractivity contribution < 1.29 is 19.3 Å². The van der Waals surface area contributed by atoms with E-state index in [1.807, 2.05) is 6.07 Å². The minimum atomic E-state index is -1.14. The molecule has 1 atom stereocenters. The molecule has 0 bridgehead atoms. The molecule has 0 fully saturated rings. The smallest absolute Gasteiger partial charge is 0.526 e. The molecule has 1 aromatic carbocycles. The minimum Gasteiger partial charge on any atom is -0.535 e. The van der Waals surface area contributed by atoms with E-state index >= 15 is 0 Å². The van der Waals surface area contributed by atoms with Crippen molar-refractivity contribution in [3.8, 4) is 5.75 Å². The average Bonchev–Trinajstić information content (AvgIpc) is 3.04. The lowest BCUT2D eigenvalue weighted by Crippen LogP contribution is -2.35. The van der Waals surface area contributed by atoms with Gasteiger partial charge in [0.15, 0.2) is 11.6 Å². The van der Waals surface area contributed by atoms with Crippen molar-refractivity contribution in [1.82, 2.24) is 9.55 Å². The predicted molar refractivity (Wildman–Crippen MR) is 92.7 cm³/mol. The lowest BCUT2D eigenvalue weighted by Gasteiger charge is -2.28. The number of Topliss-reactive ketones (excluding diaryl/α,β-unsaturated/α-hetero) is 2. The molecule has 0 saturated carbocycles. The second kappa shape index (κ2) is 7.20. The quantitative estimate of drug-likeness (QED) is 0.602. The maximum Gasteiger partial charge on any atom is 0.526 e. The molecule has 2 heterocycles. The summed E-state index contributed by atoms with van der Waals surface area (Å²) in [7, 11) is -1.14. The highest BCUT2D eigenvalue weighted by Crippen LogP contribution is 2.36. The number of hydrogen-bond acceptors (Lipinski definition) is 6. The molecule has 1 aliphatic rings. The molecule has 130 valence electrons. The van der Waals surface area contributed by atoms with Gasteiger partial charge in [-0.2, -0.15) is 0 Å². The molecule has 0 amide bonds. The monoisotopic (exact) mass is 341 g/mol. The van der Waals surface area contributed by atoms with Crippen LogP contribution in [-0.4, -0.2) is 39.8 Å². The van der Waals surface area contributed by atoms with Gasteiger partial charge in [0.1, 0.15) is 11.4 Å². The number of rotatable bonds is 6. The number of imidazole rings is 1. The molecule has 1 aliphatic heterocycles. The Bertz CT molecular complexity index is 805. The van der Waals surface area contributed by atoms with E-state index in [0.29, 0.717) is 36.5 Å². The third-order valence-corrected chi connectivity index (χ3v) is 4.35. The van der Waals surface area contributed by atoms with Gasteiger partial charge in [0.2, 0.25) is 0 Å². The first-order valence-corrected chi connectivity index (χ1v) is 8.22. The van der Waals surface area contributed by atoms with Crippen molar-refractivity contribution >= 4 is 18.7 Å². The normalized spacial score (nSPS) is 16.3. The van der Waals surface area contributed by atoms with Gasteiger partial charge >= 0.3 is 7.12 Å². The topological polar surface area (TPSA) is 107 Å². The van der Waals surface area contributed by atoms with Crippen LogP contribution in [0.2, 0.25) is 5.82 Å². The first kappa shape index (κ1) is 17.4. The molecular formula is C17H20BN3O4. The summed E-state index contributed by atoms with van der Waals surface area (Å²) >= 11 is 0. The third-order valence-electron chi connectivity index (χ3n) is 4.35. The highest BCUT2D eigenvalue weighted by Gasteiger charge is 2.37. The zero-order chi connectivity index (χ0) is 18.0. The Morgan fingerprint density at radius 1 is 1.48 bits per heavy atom. The van der Waals surface area contributed by atoms with E-state index in [2.05, 4.69) is 4.98 Å². The Morgan fingerprint density at radius 2 is 2.28 bits per heavy atom. The van der Waals surface area contributed by atoms with Crippen LogP contribution < -0.4 is 10.4 Å². The number of nitrogens with zero attached hydrogens (tertiary/aromatic N) is 2.